The minimum atomic E-state index is -0.366. The molecule has 1 amide bonds. The highest BCUT2D eigenvalue weighted by molar-refractivity contribution is 7.20. The molecule has 7 heteroatoms. The van der Waals surface area contributed by atoms with Gasteiger partial charge in [0.1, 0.15) is 10.7 Å². The number of nitrogens with one attached hydrogen (secondary N) is 1. The first kappa shape index (κ1) is 16.1. The third kappa shape index (κ3) is 3.11. The lowest BCUT2D eigenvalue weighted by Gasteiger charge is -2.07. The van der Waals surface area contributed by atoms with Crippen LogP contribution in [0.25, 0.3) is 10.1 Å². The number of ether oxygens (including phenoxy) is 1. The smallest absolute Gasteiger partial charge is 0.348 e. The number of aryl methyl sites for hydroxylation is 2. The molecule has 1 N–H and O–H groups in total. The summed E-state index contributed by atoms with van der Waals surface area (Å²) in [5, 5.41) is 3.70. The maximum atomic E-state index is 12.4. The molecule has 24 heavy (non-hydrogen) atoms. The Hall–Kier alpha value is -2.80. The van der Waals surface area contributed by atoms with Crippen LogP contribution in [-0.2, 0) is 4.74 Å². The zero-order chi connectivity index (χ0) is 17.3. The largest absolute Gasteiger partial charge is 0.465 e. The van der Waals surface area contributed by atoms with Gasteiger partial charge in [-0.25, -0.2) is 14.8 Å². The summed E-state index contributed by atoms with van der Waals surface area (Å²) in [6, 6.07) is 7.23. The van der Waals surface area contributed by atoms with E-state index in [1.165, 1.54) is 24.6 Å². The number of esters is 1. The van der Waals surface area contributed by atoms with E-state index in [0.29, 0.717) is 27.6 Å². The molecule has 2 heterocycles. The summed E-state index contributed by atoms with van der Waals surface area (Å²) in [7, 11) is 1.35. The first-order valence-corrected chi connectivity index (χ1v) is 8.03. The Balaban J connectivity index is 1.87. The number of anilines is 1. The molecule has 0 radical (unpaired) electrons. The van der Waals surface area contributed by atoms with Crippen LogP contribution in [0, 0.1) is 13.8 Å². The molecule has 2 aromatic heterocycles. The number of hydrogen-bond acceptors (Lipinski definition) is 6. The van der Waals surface area contributed by atoms with Crippen LogP contribution in [0.2, 0.25) is 0 Å². The van der Waals surface area contributed by atoms with Crippen molar-refractivity contribution >= 4 is 39.0 Å². The van der Waals surface area contributed by atoms with Gasteiger partial charge in [-0.05, 0) is 43.5 Å². The predicted octanol–water partition coefficient (Wildman–Crippen LogP) is 3.35. The van der Waals surface area contributed by atoms with Crippen molar-refractivity contribution in [3.8, 4) is 0 Å². The van der Waals surface area contributed by atoms with Gasteiger partial charge in [0.15, 0.2) is 0 Å². The first-order valence-electron chi connectivity index (χ1n) is 7.21. The normalized spacial score (nSPS) is 10.6. The Morgan fingerprint density at radius 2 is 2.00 bits per heavy atom. The van der Waals surface area contributed by atoms with Crippen LogP contribution in [0.5, 0.6) is 0 Å². The molecule has 0 aliphatic heterocycles. The minimum Gasteiger partial charge on any atom is -0.465 e. The van der Waals surface area contributed by atoms with E-state index in [1.54, 1.807) is 26.0 Å². The number of rotatable bonds is 3. The molecule has 0 saturated heterocycles. The summed E-state index contributed by atoms with van der Waals surface area (Å²) in [4.78, 5) is 32.8. The Labute approximate surface area is 142 Å². The van der Waals surface area contributed by atoms with Gasteiger partial charge in [-0.2, -0.15) is 0 Å². The van der Waals surface area contributed by atoms with Gasteiger partial charge < -0.3 is 10.1 Å². The maximum absolute atomic E-state index is 12.4. The average molecular weight is 341 g/mol. The van der Waals surface area contributed by atoms with E-state index in [1.807, 2.05) is 12.1 Å². The zero-order valence-electron chi connectivity index (χ0n) is 13.4. The third-order valence-electron chi connectivity index (χ3n) is 3.51. The molecule has 0 spiro atoms. The van der Waals surface area contributed by atoms with E-state index >= 15 is 0 Å². The standard InChI is InChI=1S/C17H15N3O3S/c1-9-13(8-18-10(2)19-9)16(21)20-12-4-5-14-11(6-12)7-15(24-14)17(22)23-3/h4-8H,1-3H3,(H,20,21). The van der Waals surface area contributed by atoms with Crippen LogP contribution in [0.1, 0.15) is 31.5 Å². The summed E-state index contributed by atoms with van der Waals surface area (Å²) in [5.74, 6) is -0.0106. The van der Waals surface area contributed by atoms with Gasteiger partial charge in [0.2, 0.25) is 0 Å². The summed E-state index contributed by atoms with van der Waals surface area (Å²) >= 11 is 1.35. The van der Waals surface area contributed by atoms with Crippen molar-refractivity contribution in [3.63, 3.8) is 0 Å². The van der Waals surface area contributed by atoms with Crippen molar-refractivity contribution in [2.75, 3.05) is 12.4 Å². The van der Waals surface area contributed by atoms with Crippen molar-refractivity contribution < 1.29 is 14.3 Å². The third-order valence-corrected chi connectivity index (χ3v) is 4.60. The highest BCUT2D eigenvalue weighted by Crippen LogP contribution is 2.28. The maximum Gasteiger partial charge on any atom is 0.348 e. The van der Waals surface area contributed by atoms with Crippen LogP contribution in [0.4, 0.5) is 5.69 Å². The van der Waals surface area contributed by atoms with Gasteiger partial charge in [-0.3, -0.25) is 4.79 Å². The number of fused-ring (bicyclic) bond motifs is 1. The zero-order valence-corrected chi connectivity index (χ0v) is 14.2. The molecular weight excluding hydrogens is 326 g/mol. The molecule has 0 fully saturated rings. The molecule has 0 aliphatic rings. The van der Waals surface area contributed by atoms with E-state index in [0.717, 1.165) is 10.1 Å². The summed E-state index contributed by atoms with van der Waals surface area (Å²) in [6.07, 6.45) is 1.52. The van der Waals surface area contributed by atoms with Crippen molar-refractivity contribution in [1.82, 2.24) is 9.97 Å². The number of carbonyl (C=O) groups excluding carboxylic acids is 2. The second-order valence-corrected chi connectivity index (χ2v) is 6.31. The predicted molar refractivity (Wildman–Crippen MR) is 92.6 cm³/mol. The van der Waals surface area contributed by atoms with E-state index in [2.05, 4.69) is 15.3 Å². The van der Waals surface area contributed by atoms with E-state index in [4.69, 9.17) is 4.74 Å². The number of aromatic nitrogens is 2. The number of nitrogens with zero attached hydrogens (tertiary/aromatic N) is 2. The molecule has 0 bridgehead atoms. The Bertz CT molecular complexity index is 949. The lowest BCUT2D eigenvalue weighted by Crippen LogP contribution is -2.15. The topological polar surface area (TPSA) is 81.2 Å². The second kappa shape index (κ2) is 6.37. The van der Waals surface area contributed by atoms with Crippen molar-refractivity contribution in [1.29, 1.82) is 0 Å². The number of benzene rings is 1. The fourth-order valence-corrected chi connectivity index (χ4v) is 3.29. The first-order chi connectivity index (χ1) is 11.5. The molecule has 122 valence electrons. The summed E-state index contributed by atoms with van der Waals surface area (Å²) < 4.78 is 5.68. The van der Waals surface area contributed by atoms with Gasteiger partial charge in [0.05, 0.1) is 18.4 Å². The Morgan fingerprint density at radius 1 is 1.21 bits per heavy atom. The van der Waals surface area contributed by atoms with Gasteiger partial charge in [-0.1, -0.05) is 0 Å². The summed E-state index contributed by atoms with van der Waals surface area (Å²) in [6.45, 7) is 3.55. The van der Waals surface area contributed by atoms with E-state index < -0.39 is 0 Å². The van der Waals surface area contributed by atoms with Gasteiger partial charge in [0, 0.05) is 16.6 Å². The lowest BCUT2D eigenvalue weighted by atomic mass is 10.2. The highest BCUT2D eigenvalue weighted by Gasteiger charge is 2.13. The number of methoxy groups -OCH3 is 1. The Morgan fingerprint density at radius 3 is 2.71 bits per heavy atom. The van der Waals surface area contributed by atoms with Crippen molar-refractivity contribution in [2.45, 2.75) is 13.8 Å². The Kier molecular flexibility index (Phi) is 4.26. The lowest BCUT2D eigenvalue weighted by molar-refractivity contribution is 0.0606. The molecule has 3 aromatic rings. The molecule has 1 aromatic carbocycles. The SMILES string of the molecule is COC(=O)c1cc2cc(NC(=O)c3cnc(C)nc3C)ccc2s1. The van der Waals surface area contributed by atoms with Crippen LogP contribution in [-0.4, -0.2) is 29.0 Å². The van der Waals surface area contributed by atoms with E-state index in [9.17, 15) is 9.59 Å². The molecule has 0 atom stereocenters. The molecule has 6 nitrogen and oxygen atoms in total. The molecule has 3 rings (SSSR count). The number of amides is 1. The van der Waals surface area contributed by atoms with Crippen LogP contribution in [0.3, 0.4) is 0 Å². The fourth-order valence-electron chi connectivity index (χ4n) is 2.33. The van der Waals surface area contributed by atoms with Crippen molar-refractivity contribution in [2.24, 2.45) is 0 Å². The second-order valence-electron chi connectivity index (χ2n) is 5.23. The van der Waals surface area contributed by atoms with Crippen LogP contribution in [0.15, 0.2) is 30.5 Å². The monoisotopic (exact) mass is 341 g/mol. The quantitative estimate of drug-likeness (QED) is 0.739. The van der Waals surface area contributed by atoms with Crippen LogP contribution < -0.4 is 5.32 Å². The molecule has 0 unspecified atom stereocenters. The number of carbonyl (C=O) groups is 2. The molecular formula is C17H15N3O3S. The van der Waals surface area contributed by atoms with Gasteiger partial charge in [0.25, 0.3) is 5.91 Å². The highest BCUT2D eigenvalue weighted by atomic mass is 32.1. The van der Waals surface area contributed by atoms with Crippen molar-refractivity contribution in [3.05, 3.63) is 52.4 Å². The van der Waals surface area contributed by atoms with Gasteiger partial charge in [-0.15, -0.1) is 11.3 Å². The number of thiophene rings is 1. The molecule has 0 aliphatic carbocycles. The van der Waals surface area contributed by atoms with Crippen LogP contribution >= 0.6 is 11.3 Å². The summed E-state index contributed by atoms with van der Waals surface area (Å²) in [5.41, 5.74) is 1.70. The van der Waals surface area contributed by atoms with Gasteiger partial charge >= 0.3 is 5.97 Å². The minimum absolute atomic E-state index is 0.268. The fraction of sp³-hybridized carbons (Fsp3) is 0.176. The molecule has 0 saturated carbocycles. The number of hydrogen-bond donors (Lipinski definition) is 1. The average Bonchev–Trinajstić information content (AvgIpc) is 2.97. The van der Waals surface area contributed by atoms with E-state index in [-0.39, 0.29) is 11.9 Å².